The summed E-state index contributed by atoms with van der Waals surface area (Å²) in [6.07, 6.45) is 2.13. The summed E-state index contributed by atoms with van der Waals surface area (Å²) >= 11 is 0. The van der Waals surface area contributed by atoms with E-state index in [1.54, 1.807) is 0 Å². The molecule has 0 amide bonds. The van der Waals surface area contributed by atoms with Crippen LogP contribution in [-0.4, -0.2) is 28.4 Å². The third-order valence-electron chi connectivity index (χ3n) is 4.20. The second-order valence-corrected chi connectivity index (χ2v) is 6.85. The number of benzene rings is 1. The Morgan fingerprint density at radius 3 is 2.39 bits per heavy atom. The highest BCUT2D eigenvalue weighted by Gasteiger charge is 2.15. The zero-order chi connectivity index (χ0) is 16.6. The molecule has 0 N–H and O–H groups in total. The van der Waals surface area contributed by atoms with Crippen molar-refractivity contribution in [2.45, 2.75) is 33.2 Å². The molecule has 0 aliphatic carbocycles. The van der Waals surface area contributed by atoms with E-state index in [-0.39, 0.29) is 0 Å². The molecule has 23 heavy (non-hydrogen) atoms. The summed E-state index contributed by atoms with van der Waals surface area (Å²) in [5, 5.41) is 0. The fraction of sp³-hybridized carbons (Fsp3) is 0.350. The van der Waals surface area contributed by atoms with E-state index in [1.165, 1.54) is 22.4 Å². The Kier molecular flexibility index (Phi) is 4.22. The first kappa shape index (κ1) is 15.8. The predicted molar refractivity (Wildman–Crippen MR) is 96.8 cm³/mol. The van der Waals surface area contributed by atoms with E-state index in [2.05, 4.69) is 86.8 Å². The molecule has 1 aromatic carbocycles. The van der Waals surface area contributed by atoms with E-state index in [1.807, 2.05) is 0 Å². The average molecular weight is 307 g/mol. The van der Waals surface area contributed by atoms with Gasteiger partial charge >= 0.3 is 0 Å². The second-order valence-electron chi connectivity index (χ2n) is 6.85. The minimum atomic E-state index is 0.550. The van der Waals surface area contributed by atoms with E-state index in [0.717, 1.165) is 17.9 Å². The molecule has 3 nitrogen and oxygen atoms in total. The van der Waals surface area contributed by atoms with Gasteiger partial charge in [-0.1, -0.05) is 38.1 Å². The third-order valence-corrected chi connectivity index (χ3v) is 4.20. The standard InChI is InChI=1S/C20H25N3/c1-14(2)16-6-8-17(9-7-16)20-18(13-22(4)5)23-11-10-15(3)12-19(23)21-20/h6-12,14H,13H2,1-5H3. The number of aromatic nitrogens is 2. The number of fused-ring (bicyclic) bond motifs is 1. The minimum absolute atomic E-state index is 0.550. The summed E-state index contributed by atoms with van der Waals surface area (Å²) in [4.78, 5) is 7.10. The zero-order valence-corrected chi connectivity index (χ0v) is 14.7. The smallest absolute Gasteiger partial charge is 0.137 e. The molecule has 3 heteroatoms. The molecule has 0 saturated heterocycles. The lowest BCUT2D eigenvalue weighted by Crippen LogP contribution is -2.13. The Balaban J connectivity index is 2.14. The van der Waals surface area contributed by atoms with E-state index in [0.29, 0.717) is 5.92 Å². The zero-order valence-electron chi connectivity index (χ0n) is 14.7. The van der Waals surface area contributed by atoms with Gasteiger partial charge in [0.05, 0.1) is 11.4 Å². The molecule has 0 aliphatic rings. The lowest BCUT2D eigenvalue weighted by atomic mass is 10.0. The first-order valence-electron chi connectivity index (χ1n) is 8.18. The molecule has 3 aromatic rings. The number of imidazole rings is 1. The van der Waals surface area contributed by atoms with Crippen LogP contribution in [0.5, 0.6) is 0 Å². The van der Waals surface area contributed by atoms with Crippen molar-refractivity contribution in [3.63, 3.8) is 0 Å². The van der Waals surface area contributed by atoms with Crippen molar-refractivity contribution in [3.05, 3.63) is 59.4 Å². The summed E-state index contributed by atoms with van der Waals surface area (Å²) in [5.74, 6) is 0.550. The molecule has 0 unspecified atom stereocenters. The highest BCUT2D eigenvalue weighted by atomic mass is 15.1. The topological polar surface area (TPSA) is 20.5 Å². The maximum Gasteiger partial charge on any atom is 0.137 e. The SMILES string of the molecule is Cc1ccn2c(CN(C)C)c(-c3ccc(C(C)C)cc3)nc2c1. The van der Waals surface area contributed by atoms with Crippen LogP contribution in [-0.2, 0) is 6.54 Å². The monoisotopic (exact) mass is 307 g/mol. The minimum Gasteiger partial charge on any atom is -0.304 e. The number of nitrogens with zero attached hydrogens (tertiary/aromatic N) is 3. The molecule has 0 spiro atoms. The molecule has 0 aliphatic heterocycles. The van der Waals surface area contributed by atoms with Crippen LogP contribution < -0.4 is 0 Å². The van der Waals surface area contributed by atoms with E-state index < -0.39 is 0 Å². The maximum absolute atomic E-state index is 4.91. The van der Waals surface area contributed by atoms with Crippen molar-refractivity contribution in [2.75, 3.05) is 14.1 Å². The summed E-state index contributed by atoms with van der Waals surface area (Å²) in [6.45, 7) is 7.42. The number of rotatable bonds is 4. The second kappa shape index (κ2) is 6.17. The van der Waals surface area contributed by atoms with Crippen LogP contribution in [0.25, 0.3) is 16.9 Å². The van der Waals surface area contributed by atoms with Crippen LogP contribution in [0, 0.1) is 6.92 Å². The molecule has 3 rings (SSSR count). The molecule has 0 bridgehead atoms. The van der Waals surface area contributed by atoms with Crippen molar-refractivity contribution in [1.82, 2.24) is 14.3 Å². The highest BCUT2D eigenvalue weighted by molar-refractivity contribution is 5.67. The van der Waals surface area contributed by atoms with Crippen LogP contribution in [0.2, 0.25) is 0 Å². The Bertz CT molecular complexity index is 811. The van der Waals surface area contributed by atoms with Crippen molar-refractivity contribution in [2.24, 2.45) is 0 Å². The summed E-state index contributed by atoms with van der Waals surface area (Å²) in [6, 6.07) is 13.1. The van der Waals surface area contributed by atoms with Gasteiger partial charge in [0.2, 0.25) is 0 Å². The largest absolute Gasteiger partial charge is 0.304 e. The molecule has 120 valence electrons. The van der Waals surface area contributed by atoms with Crippen LogP contribution in [0.4, 0.5) is 0 Å². The molecular formula is C20H25N3. The Morgan fingerprint density at radius 2 is 1.78 bits per heavy atom. The fourth-order valence-corrected chi connectivity index (χ4v) is 2.90. The Morgan fingerprint density at radius 1 is 1.09 bits per heavy atom. The average Bonchev–Trinajstić information content (AvgIpc) is 2.84. The molecule has 2 heterocycles. The number of aryl methyl sites for hydroxylation is 1. The van der Waals surface area contributed by atoms with Crippen molar-refractivity contribution < 1.29 is 0 Å². The van der Waals surface area contributed by atoms with E-state index >= 15 is 0 Å². The van der Waals surface area contributed by atoms with Gasteiger partial charge in [-0.25, -0.2) is 4.98 Å². The van der Waals surface area contributed by atoms with Gasteiger partial charge in [0.25, 0.3) is 0 Å². The van der Waals surface area contributed by atoms with Gasteiger partial charge in [-0.2, -0.15) is 0 Å². The summed E-state index contributed by atoms with van der Waals surface area (Å²) in [7, 11) is 4.19. The van der Waals surface area contributed by atoms with Gasteiger partial charge in [0, 0.05) is 18.3 Å². The van der Waals surface area contributed by atoms with Gasteiger partial charge in [-0.05, 0) is 50.2 Å². The molecule has 0 radical (unpaired) electrons. The van der Waals surface area contributed by atoms with Crippen LogP contribution in [0.3, 0.4) is 0 Å². The van der Waals surface area contributed by atoms with Crippen LogP contribution >= 0.6 is 0 Å². The molecule has 0 fully saturated rings. The maximum atomic E-state index is 4.91. The highest BCUT2D eigenvalue weighted by Crippen LogP contribution is 2.27. The molecular weight excluding hydrogens is 282 g/mol. The molecule has 2 aromatic heterocycles. The quantitative estimate of drug-likeness (QED) is 0.707. The molecule has 0 saturated carbocycles. The number of hydrogen-bond acceptors (Lipinski definition) is 2. The van der Waals surface area contributed by atoms with Gasteiger partial charge in [0.15, 0.2) is 0 Å². The normalized spacial score (nSPS) is 11.8. The van der Waals surface area contributed by atoms with Crippen molar-refractivity contribution in [1.29, 1.82) is 0 Å². The lowest BCUT2D eigenvalue weighted by molar-refractivity contribution is 0.396. The van der Waals surface area contributed by atoms with Crippen LogP contribution in [0.15, 0.2) is 42.6 Å². The lowest BCUT2D eigenvalue weighted by Gasteiger charge is -2.12. The first-order chi connectivity index (χ1) is 11.0. The summed E-state index contributed by atoms with van der Waals surface area (Å²) < 4.78 is 2.21. The van der Waals surface area contributed by atoms with Crippen LogP contribution in [0.1, 0.15) is 36.6 Å². The van der Waals surface area contributed by atoms with Gasteiger partial charge in [0.1, 0.15) is 5.65 Å². The Labute approximate surface area is 138 Å². The number of pyridine rings is 1. The van der Waals surface area contributed by atoms with Gasteiger partial charge in [-0.15, -0.1) is 0 Å². The fourth-order valence-electron chi connectivity index (χ4n) is 2.90. The Hall–Kier alpha value is -2.13. The molecule has 0 atom stereocenters. The summed E-state index contributed by atoms with van der Waals surface area (Å²) in [5.41, 5.74) is 7.13. The van der Waals surface area contributed by atoms with E-state index in [4.69, 9.17) is 4.98 Å². The predicted octanol–water partition coefficient (Wildman–Crippen LogP) is 4.49. The first-order valence-corrected chi connectivity index (χ1v) is 8.18. The third kappa shape index (κ3) is 3.15. The van der Waals surface area contributed by atoms with E-state index in [9.17, 15) is 0 Å². The van der Waals surface area contributed by atoms with Crippen molar-refractivity contribution in [3.8, 4) is 11.3 Å². The number of hydrogen-bond donors (Lipinski definition) is 0. The van der Waals surface area contributed by atoms with Crippen molar-refractivity contribution >= 4 is 5.65 Å². The van der Waals surface area contributed by atoms with Gasteiger partial charge in [-0.3, -0.25) is 0 Å². The van der Waals surface area contributed by atoms with Gasteiger partial charge < -0.3 is 9.30 Å².